The average molecular weight is 487 g/mol. The number of benzene rings is 1. The van der Waals surface area contributed by atoms with Gasteiger partial charge in [-0.2, -0.15) is 0 Å². The Kier molecular flexibility index (Phi) is 9.48. The van der Waals surface area contributed by atoms with E-state index < -0.39 is 6.36 Å². The van der Waals surface area contributed by atoms with Gasteiger partial charge in [0.25, 0.3) is 0 Å². The van der Waals surface area contributed by atoms with Crippen molar-refractivity contribution in [3.63, 3.8) is 0 Å². The Bertz CT molecular complexity index is 563. The Hall–Kier alpha value is -1.23. The van der Waals surface area contributed by atoms with Crippen LogP contribution in [0.5, 0.6) is 5.75 Å². The largest absolute Gasteiger partial charge is 0.573 e. The van der Waals surface area contributed by atoms with Gasteiger partial charge in [-0.3, -0.25) is 4.99 Å². The highest BCUT2D eigenvalue weighted by Gasteiger charge is 2.30. The minimum absolute atomic E-state index is 0. The second-order valence-electron chi connectivity index (χ2n) is 6.35. The maximum absolute atomic E-state index is 12.1. The van der Waals surface area contributed by atoms with Crippen LogP contribution in [0.3, 0.4) is 0 Å². The summed E-state index contributed by atoms with van der Waals surface area (Å²) >= 11 is 0. The molecule has 1 aliphatic carbocycles. The number of ether oxygens (including phenoxy) is 1. The quantitative estimate of drug-likeness (QED) is 0.299. The maximum atomic E-state index is 12.1. The summed E-state index contributed by atoms with van der Waals surface area (Å²) in [6.45, 7) is 1.08. The average Bonchev–Trinajstić information content (AvgIpc) is 2.50. The summed E-state index contributed by atoms with van der Waals surface area (Å²) in [5, 5.41) is 12.5. The van der Waals surface area contributed by atoms with E-state index in [1.807, 2.05) is 0 Å². The second-order valence-corrected chi connectivity index (χ2v) is 6.35. The summed E-state index contributed by atoms with van der Waals surface area (Å²) in [6, 6.07) is 5.61. The third-order valence-corrected chi connectivity index (χ3v) is 4.26. The van der Waals surface area contributed by atoms with Crippen molar-refractivity contribution in [1.82, 2.24) is 5.32 Å². The lowest BCUT2D eigenvalue weighted by Gasteiger charge is -2.25. The summed E-state index contributed by atoms with van der Waals surface area (Å²) in [5.41, 5.74) is 6.61. The molecule has 5 nitrogen and oxygen atoms in total. The fourth-order valence-electron chi connectivity index (χ4n) is 2.58. The Morgan fingerprint density at radius 1 is 1.31 bits per heavy atom. The summed E-state index contributed by atoms with van der Waals surface area (Å²) in [5.74, 6) is 0.608. The van der Waals surface area contributed by atoms with Gasteiger partial charge in [-0.05, 0) is 42.9 Å². The van der Waals surface area contributed by atoms with Gasteiger partial charge in [0.05, 0.1) is 0 Å². The first kappa shape index (κ1) is 22.8. The van der Waals surface area contributed by atoms with Crippen LogP contribution < -0.4 is 15.8 Å². The second kappa shape index (κ2) is 10.8. The Morgan fingerprint density at radius 3 is 2.46 bits per heavy atom. The van der Waals surface area contributed by atoms with Crippen LogP contribution in [0.2, 0.25) is 0 Å². The number of aliphatic hydroxyl groups is 1. The van der Waals surface area contributed by atoms with E-state index in [4.69, 9.17) is 5.73 Å². The number of nitrogens with zero attached hydrogens (tertiary/aromatic N) is 1. The van der Waals surface area contributed by atoms with E-state index in [0.717, 1.165) is 12.1 Å². The third kappa shape index (κ3) is 8.43. The number of nitrogens with two attached hydrogens (primary N) is 1. The molecule has 0 spiro atoms. The predicted molar refractivity (Wildman–Crippen MR) is 105 cm³/mol. The number of aliphatic imine (C=N–C) groups is 1. The van der Waals surface area contributed by atoms with E-state index in [1.54, 1.807) is 12.1 Å². The van der Waals surface area contributed by atoms with E-state index in [9.17, 15) is 18.3 Å². The highest BCUT2D eigenvalue weighted by atomic mass is 127. The fourth-order valence-corrected chi connectivity index (χ4v) is 2.58. The Labute approximate surface area is 168 Å². The van der Waals surface area contributed by atoms with Crippen molar-refractivity contribution in [3.05, 3.63) is 29.8 Å². The molecule has 4 N–H and O–H groups in total. The molecule has 1 atom stereocenters. The highest BCUT2D eigenvalue weighted by Crippen LogP contribution is 2.25. The zero-order valence-electron chi connectivity index (χ0n) is 14.3. The molecule has 148 valence electrons. The van der Waals surface area contributed by atoms with Gasteiger partial charge in [-0.15, -0.1) is 37.1 Å². The van der Waals surface area contributed by atoms with Crippen LogP contribution in [-0.2, 0) is 6.42 Å². The molecule has 9 heteroatoms. The molecule has 0 amide bonds. The molecule has 1 unspecified atom stereocenters. The molecule has 0 bridgehead atoms. The van der Waals surface area contributed by atoms with Crippen molar-refractivity contribution >= 4 is 29.9 Å². The smallest absolute Gasteiger partial charge is 0.406 e. The van der Waals surface area contributed by atoms with Gasteiger partial charge < -0.3 is 20.9 Å². The van der Waals surface area contributed by atoms with Crippen molar-refractivity contribution in [2.75, 3.05) is 19.7 Å². The molecule has 1 saturated carbocycles. The lowest BCUT2D eigenvalue weighted by molar-refractivity contribution is -0.274. The van der Waals surface area contributed by atoms with Crippen LogP contribution in [0.4, 0.5) is 13.2 Å². The molecular formula is C17H25F3IN3O2. The monoisotopic (exact) mass is 487 g/mol. The Morgan fingerprint density at radius 2 is 1.96 bits per heavy atom. The number of nitrogens with one attached hydrogen (secondary N) is 1. The van der Waals surface area contributed by atoms with Crippen LogP contribution in [0.1, 0.15) is 24.8 Å². The first-order chi connectivity index (χ1) is 11.9. The van der Waals surface area contributed by atoms with Gasteiger partial charge >= 0.3 is 6.36 Å². The van der Waals surface area contributed by atoms with Crippen molar-refractivity contribution in [2.45, 2.75) is 32.0 Å². The van der Waals surface area contributed by atoms with Crippen LogP contribution in [0.15, 0.2) is 29.3 Å². The van der Waals surface area contributed by atoms with E-state index in [2.05, 4.69) is 15.0 Å². The molecule has 0 aromatic heterocycles. The van der Waals surface area contributed by atoms with Crippen molar-refractivity contribution in [1.29, 1.82) is 0 Å². The number of alkyl halides is 3. The SMILES string of the molecule is I.NC(=NCC(CO)Cc1ccc(OC(F)(F)F)cc1)NCC1CCC1. The first-order valence-electron chi connectivity index (χ1n) is 8.35. The molecule has 1 aliphatic rings. The molecule has 0 radical (unpaired) electrons. The van der Waals surface area contributed by atoms with Crippen LogP contribution in [0, 0.1) is 11.8 Å². The van der Waals surface area contributed by atoms with Crippen LogP contribution >= 0.6 is 24.0 Å². The summed E-state index contributed by atoms with van der Waals surface area (Å²) in [7, 11) is 0. The minimum Gasteiger partial charge on any atom is -0.406 e. The normalized spacial score (nSPS) is 16.4. The third-order valence-electron chi connectivity index (χ3n) is 4.26. The van der Waals surface area contributed by atoms with Crippen molar-refractivity contribution < 1.29 is 23.0 Å². The number of guanidine groups is 1. The maximum Gasteiger partial charge on any atom is 0.573 e. The molecule has 1 aromatic carbocycles. The van der Waals surface area contributed by atoms with E-state index >= 15 is 0 Å². The lowest BCUT2D eigenvalue weighted by atomic mass is 9.85. The van der Waals surface area contributed by atoms with Gasteiger partial charge in [-0.1, -0.05) is 18.6 Å². The van der Waals surface area contributed by atoms with E-state index in [1.165, 1.54) is 31.4 Å². The molecular weight excluding hydrogens is 462 g/mol. The standard InChI is InChI=1S/C17H24F3N3O2.HI/c18-17(19,20)25-15-6-4-12(5-7-15)8-14(11-24)10-23-16(21)22-9-13-2-1-3-13;/h4-7,13-14,24H,1-3,8-11H2,(H3,21,22,23);1H. The van der Waals surface area contributed by atoms with Gasteiger partial charge in [0.2, 0.25) is 0 Å². The lowest BCUT2D eigenvalue weighted by Crippen LogP contribution is -2.37. The summed E-state index contributed by atoms with van der Waals surface area (Å²) < 4.78 is 40.2. The number of hydrogen-bond donors (Lipinski definition) is 3. The van der Waals surface area contributed by atoms with Crippen molar-refractivity contribution in [3.8, 4) is 5.75 Å². The number of aliphatic hydroxyl groups excluding tert-OH is 1. The van der Waals surface area contributed by atoms with Gasteiger partial charge in [-0.25, -0.2) is 0 Å². The molecule has 2 rings (SSSR count). The number of hydrogen-bond acceptors (Lipinski definition) is 3. The molecule has 0 aliphatic heterocycles. The zero-order valence-corrected chi connectivity index (χ0v) is 16.7. The van der Waals surface area contributed by atoms with Crippen LogP contribution in [-0.4, -0.2) is 37.1 Å². The molecule has 0 saturated heterocycles. The van der Waals surface area contributed by atoms with Gasteiger partial charge in [0.15, 0.2) is 5.96 Å². The number of rotatable bonds is 8. The van der Waals surface area contributed by atoms with E-state index in [-0.39, 0.29) is 42.3 Å². The molecule has 0 heterocycles. The fraction of sp³-hybridized carbons (Fsp3) is 0.588. The number of halogens is 4. The molecule has 26 heavy (non-hydrogen) atoms. The molecule has 1 aromatic rings. The summed E-state index contributed by atoms with van der Waals surface area (Å²) in [6.07, 6.45) is -0.514. The predicted octanol–water partition coefficient (Wildman–Crippen LogP) is 3.06. The van der Waals surface area contributed by atoms with Crippen molar-refractivity contribution in [2.24, 2.45) is 22.6 Å². The van der Waals surface area contributed by atoms with Gasteiger partial charge in [0.1, 0.15) is 5.75 Å². The zero-order chi connectivity index (χ0) is 18.3. The van der Waals surface area contributed by atoms with Crippen LogP contribution in [0.25, 0.3) is 0 Å². The highest BCUT2D eigenvalue weighted by molar-refractivity contribution is 14.0. The summed E-state index contributed by atoms with van der Waals surface area (Å²) in [4.78, 5) is 4.24. The minimum atomic E-state index is -4.70. The van der Waals surface area contributed by atoms with E-state index in [0.29, 0.717) is 24.8 Å². The van der Waals surface area contributed by atoms with Gasteiger partial charge in [0, 0.05) is 25.6 Å². The Balaban J connectivity index is 0.00000338. The molecule has 1 fully saturated rings. The first-order valence-corrected chi connectivity index (χ1v) is 8.35. The topological polar surface area (TPSA) is 79.9 Å².